The van der Waals surface area contributed by atoms with E-state index in [-0.39, 0.29) is 0 Å². The van der Waals surface area contributed by atoms with E-state index in [0.717, 1.165) is 24.4 Å². The molecule has 0 saturated heterocycles. The number of ether oxygens (including phenoxy) is 2. The normalized spacial score (nSPS) is 15.3. The molecule has 0 aromatic heterocycles. The molecule has 0 radical (unpaired) electrons. The quantitative estimate of drug-likeness (QED) is 0.818. The molecule has 1 aromatic rings. The molecule has 1 N–H and O–H groups in total. The summed E-state index contributed by atoms with van der Waals surface area (Å²) in [5.41, 5.74) is 2.41. The summed E-state index contributed by atoms with van der Waals surface area (Å²) in [5, 5.41) is 3.30. The van der Waals surface area contributed by atoms with Crippen LogP contribution >= 0.6 is 0 Å². The highest BCUT2D eigenvalue weighted by molar-refractivity contribution is 5.37. The van der Waals surface area contributed by atoms with Crippen molar-refractivity contribution >= 4 is 0 Å². The molecule has 0 amide bonds. The molecule has 0 unspecified atom stereocenters. The smallest absolute Gasteiger partial charge is 0.125 e. The number of fused-ring (bicyclic) bond motifs is 1. The van der Waals surface area contributed by atoms with E-state index in [2.05, 4.69) is 30.4 Å². The second kappa shape index (κ2) is 5.14. The van der Waals surface area contributed by atoms with Gasteiger partial charge in [-0.2, -0.15) is 0 Å². The minimum absolute atomic E-state index is 0.650. The van der Waals surface area contributed by atoms with Crippen LogP contribution in [-0.2, 0) is 17.9 Å². The predicted octanol–water partition coefficient (Wildman–Crippen LogP) is 1.71. The van der Waals surface area contributed by atoms with E-state index < -0.39 is 0 Å². The molecule has 1 aromatic carbocycles. The van der Waals surface area contributed by atoms with Crippen molar-refractivity contribution in [3.8, 4) is 5.75 Å². The Morgan fingerprint density at radius 3 is 3.13 bits per heavy atom. The molecule has 0 saturated carbocycles. The van der Waals surface area contributed by atoms with Crippen LogP contribution < -0.4 is 10.1 Å². The minimum atomic E-state index is 0.650. The molecule has 0 aliphatic carbocycles. The Morgan fingerprint density at radius 2 is 2.27 bits per heavy atom. The van der Waals surface area contributed by atoms with Gasteiger partial charge in [0, 0.05) is 12.1 Å². The van der Waals surface area contributed by atoms with Crippen LogP contribution in [0.1, 0.15) is 18.1 Å². The summed E-state index contributed by atoms with van der Waals surface area (Å²) in [7, 11) is 0. The predicted molar refractivity (Wildman–Crippen MR) is 59.0 cm³/mol. The molecular weight excluding hydrogens is 190 g/mol. The van der Waals surface area contributed by atoms with Gasteiger partial charge >= 0.3 is 0 Å². The van der Waals surface area contributed by atoms with Crippen LogP contribution in [0.2, 0.25) is 0 Å². The zero-order valence-corrected chi connectivity index (χ0v) is 9.08. The lowest BCUT2D eigenvalue weighted by Crippen LogP contribution is -2.11. The highest BCUT2D eigenvalue weighted by Crippen LogP contribution is 2.23. The minimum Gasteiger partial charge on any atom is -0.491 e. The highest BCUT2D eigenvalue weighted by atomic mass is 16.5. The van der Waals surface area contributed by atoms with Gasteiger partial charge in [0.15, 0.2) is 0 Å². The maximum absolute atomic E-state index is 5.62. The number of nitrogens with one attached hydrogen (secondary N) is 1. The SMILES string of the molecule is CCNCc1ccc2c(c1)OCCOC2. The molecule has 1 heterocycles. The van der Waals surface area contributed by atoms with Crippen molar-refractivity contribution in [1.29, 1.82) is 0 Å². The summed E-state index contributed by atoms with van der Waals surface area (Å²) in [6.45, 7) is 5.98. The summed E-state index contributed by atoms with van der Waals surface area (Å²) in [5.74, 6) is 0.975. The van der Waals surface area contributed by atoms with Crippen LogP contribution in [-0.4, -0.2) is 19.8 Å². The summed E-state index contributed by atoms with van der Waals surface area (Å²) in [4.78, 5) is 0. The fourth-order valence-electron chi connectivity index (χ4n) is 1.62. The molecule has 0 spiro atoms. The Balaban J connectivity index is 2.13. The number of hydrogen-bond acceptors (Lipinski definition) is 3. The Bertz CT molecular complexity index is 325. The molecule has 0 bridgehead atoms. The third kappa shape index (κ3) is 2.70. The molecule has 3 nitrogen and oxygen atoms in total. The Hall–Kier alpha value is -1.06. The van der Waals surface area contributed by atoms with Crippen molar-refractivity contribution in [2.24, 2.45) is 0 Å². The zero-order valence-electron chi connectivity index (χ0n) is 9.08. The Morgan fingerprint density at radius 1 is 1.33 bits per heavy atom. The highest BCUT2D eigenvalue weighted by Gasteiger charge is 2.09. The lowest BCUT2D eigenvalue weighted by Gasteiger charge is -2.08. The van der Waals surface area contributed by atoms with Crippen LogP contribution in [0.3, 0.4) is 0 Å². The van der Waals surface area contributed by atoms with E-state index in [1.54, 1.807) is 0 Å². The van der Waals surface area contributed by atoms with E-state index >= 15 is 0 Å². The molecular formula is C12H17NO2. The van der Waals surface area contributed by atoms with Crippen LogP contribution in [0.15, 0.2) is 18.2 Å². The maximum Gasteiger partial charge on any atom is 0.125 e. The summed E-state index contributed by atoms with van der Waals surface area (Å²) < 4.78 is 11.0. The monoisotopic (exact) mass is 207 g/mol. The molecule has 15 heavy (non-hydrogen) atoms. The van der Waals surface area contributed by atoms with Crippen molar-refractivity contribution in [1.82, 2.24) is 5.32 Å². The first kappa shape index (κ1) is 10.5. The fraction of sp³-hybridized carbons (Fsp3) is 0.500. The average Bonchev–Trinajstić information content (AvgIpc) is 2.50. The number of hydrogen-bond donors (Lipinski definition) is 1. The van der Waals surface area contributed by atoms with Gasteiger partial charge in [-0.1, -0.05) is 19.1 Å². The van der Waals surface area contributed by atoms with Crippen molar-refractivity contribution in [3.05, 3.63) is 29.3 Å². The van der Waals surface area contributed by atoms with Gasteiger partial charge in [-0.25, -0.2) is 0 Å². The number of benzene rings is 1. The van der Waals surface area contributed by atoms with Crippen molar-refractivity contribution in [2.45, 2.75) is 20.1 Å². The number of rotatable bonds is 3. The molecule has 1 aliphatic rings. The largest absolute Gasteiger partial charge is 0.491 e. The lowest BCUT2D eigenvalue weighted by atomic mass is 10.1. The van der Waals surface area contributed by atoms with E-state index in [1.807, 2.05) is 0 Å². The molecule has 1 aliphatic heterocycles. The molecule has 2 rings (SSSR count). The third-order valence-corrected chi connectivity index (χ3v) is 2.45. The second-order valence-corrected chi connectivity index (χ2v) is 3.62. The van der Waals surface area contributed by atoms with Gasteiger partial charge in [0.05, 0.1) is 13.2 Å². The van der Waals surface area contributed by atoms with Crippen LogP contribution in [0.25, 0.3) is 0 Å². The van der Waals surface area contributed by atoms with E-state index in [1.165, 1.54) is 5.56 Å². The van der Waals surface area contributed by atoms with Gasteiger partial charge in [0.25, 0.3) is 0 Å². The first-order valence-electron chi connectivity index (χ1n) is 5.43. The zero-order chi connectivity index (χ0) is 10.5. The second-order valence-electron chi connectivity index (χ2n) is 3.62. The molecule has 3 heteroatoms. The Labute approximate surface area is 90.4 Å². The van der Waals surface area contributed by atoms with Gasteiger partial charge < -0.3 is 14.8 Å². The average molecular weight is 207 g/mol. The van der Waals surface area contributed by atoms with Gasteiger partial charge in [0.1, 0.15) is 12.4 Å². The molecule has 0 atom stereocenters. The summed E-state index contributed by atoms with van der Waals surface area (Å²) in [6.07, 6.45) is 0. The van der Waals surface area contributed by atoms with Gasteiger partial charge in [-0.15, -0.1) is 0 Å². The maximum atomic E-state index is 5.62. The van der Waals surface area contributed by atoms with Crippen LogP contribution in [0, 0.1) is 0 Å². The topological polar surface area (TPSA) is 30.5 Å². The van der Waals surface area contributed by atoms with Crippen LogP contribution in [0.5, 0.6) is 5.75 Å². The lowest BCUT2D eigenvalue weighted by molar-refractivity contribution is 0.107. The Kier molecular flexibility index (Phi) is 3.59. The molecule has 0 fully saturated rings. The standard InChI is InChI=1S/C12H17NO2/c1-2-13-8-10-3-4-11-9-14-5-6-15-12(11)7-10/h3-4,7,13H,2,5-6,8-9H2,1H3. The summed E-state index contributed by atoms with van der Waals surface area (Å²) >= 11 is 0. The van der Waals surface area contributed by atoms with E-state index in [4.69, 9.17) is 9.47 Å². The van der Waals surface area contributed by atoms with E-state index in [9.17, 15) is 0 Å². The fourth-order valence-corrected chi connectivity index (χ4v) is 1.62. The van der Waals surface area contributed by atoms with Crippen LogP contribution in [0.4, 0.5) is 0 Å². The first-order chi connectivity index (χ1) is 7.40. The summed E-state index contributed by atoms with van der Waals surface area (Å²) in [6, 6.07) is 6.32. The van der Waals surface area contributed by atoms with Gasteiger partial charge in [0.2, 0.25) is 0 Å². The van der Waals surface area contributed by atoms with Gasteiger partial charge in [-0.3, -0.25) is 0 Å². The van der Waals surface area contributed by atoms with Gasteiger partial charge in [-0.05, 0) is 18.2 Å². The van der Waals surface area contributed by atoms with Crippen molar-refractivity contribution < 1.29 is 9.47 Å². The third-order valence-electron chi connectivity index (χ3n) is 2.45. The van der Waals surface area contributed by atoms with Crippen molar-refractivity contribution in [2.75, 3.05) is 19.8 Å². The first-order valence-corrected chi connectivity index (χ1v) is 5.43. The van der Waals surface area contributed by atoms with Crippen molar-refractivity contribution in [3.63, 3.8) is 0 Å². The van der Waals surface area contributed by atoms with E-state index in [0.29, 0.717) is 19.8 Å². The molecule has 82 valence electrons.